The van der Waals surface area contributed by atoms with Crippen LogP contribution in [0.25, 0.3) is 0 Å². The summed E-state index contributed by atoms with van der Waals surface area (Å²) in [5, 5.41) is 7.71. The maximum Gasteiger partial charge on any atom is 0.573 e. The van der Waals surface area contributed by atoms with Crippen molar-refractivity contribution in [2.75, 3.05) is 43.8 Å². The molecule has 2 amide bonds. The molecule has 17 heteroatoms. The summed E-state index contributed by atoms with van der Waals surface area (Å²) >= 11 is 6.29. The quantitative estimate of drug-likeness (QED) is 0.114. The minimum Gasteiger partial charge on any atom is -0.497 e. The molecular formula is C35H38ClF3N4O8S. The molecule has 2 N–H and O–H groups in total. The van der Waals surface area contributed by atoms with Crippen LogP contribution in [0.2, 0.25) is 5.02 Å². The fourth-order valence-electron chi connectivity index (χ4n) is 6.65. The van der Waals surface area contributed by atoms with Gasteiger partial charge in [-0.05, 0) is 55.7 Å². The second-order valence-electron chi connectivity index (χ2n) is 12.6. The number of hydrogen-bond donors (Lipinski definition) is 2. The molecule has 3 aromatic rings. The van der Waals surface area contributed by atoms with Crippen LogP contribution in [0.15, 0.2) is 59.8 Å². The van der Waals surface area contributed by atoms with Crippen molar-refractivity contribution in [3.63, 3.8) is 0 Å². The Morgan fingerprint density at radius 3 is 2.40 bits per heavy atom. The van der Waals surface area contributed by atoms with E-state index < -0.39 is 45.4 Å². The molecule has 0 saturated heterocycles. The number of oxime groups is 1. The average molecular weight is 767 g/mol. The SMILES string of the molecule is COc1cc(NC(C(=O)N2CC3(CCCC3)c3ccc(OC(F)(F)F)cc32)c2ccc(Cl)cc2OC)cc(C(C)=NOCCC(=O)NS(C)(=O)=O)c1. The standard InChI is InChI=1S/C35H38ClF3N4O8S/c1-21(41-50-14-11-31(44)42-52(4,46)47)22-15-24(18-26(16-22)48-2)40-32(27-9-7-23(36)17-30(27)49-3)33(45)43-20-34(12-5-6-13-34)28-10-8-25(19-29(28)43)51-35(37,38)39/h7-10,15-19,32,40H,5-6,11-14,20H2,1-4H3,(H,42,44). The van der Waals surface area contributed by atoms with E-state index in [2.05, 4.69) is 15.2 Å². The predicted molar refractivity (Wildman–Crippen MR) is 189 cm³/mol. The Kier molecular flexibility index (Phi) is 11.5. The number of alkyl halides is 3. The second-order valence-corrected chi connectivity index (χ2v) is 14.8. The first-order valence-corrected chi connectivity index (χ1v) is 18.5. The summed E-state index contributed by atoms with van der Waals surface area (Å²) in [6.07, 6.45) is -0.936. The van der Waals surface area contributed by atoms with Gasteiger partial charge in [0.05, 0.1) is 38.3 Å². The molecule has 1 unspecified atom stereocenters. The highest BCUT2D eigenvalue weighted by atomic mass is 35.5. The van der Waals surface area contributed by atoms with Gasteiger partial charge in [0.15, 0.2) is 0 Å². The number of fused-ring (bicyclic) bond motifs is 2. The van der Waals surface area contributed by atoms with E-state index in [0.29, 0.717) is 44.7 Å². The van der Waals surface area contributed by atoms with Crippen LogP contribution in [-0.2, 0) is 29.9 Å². The smallest absolute Gasteiger partial charge is 0.497 e. The van der Waals surface area contributed by atoms with Crippen molar-refractivity contribution in [3.05, 3.63) is 76.3 Å². The number of ether oxygens (including phenoxy) is 3. The maximum atomic E-state index is 14.9. The number of rotatable bonds is 13. The highest BCUT2D eigenvalue weighted by Gasteiger charge is 2.48. The molecule has 1 aliphatic heterocycles. The van der Waals surface area contributed by atoms with Crippen molar-refractivity contribution < 1.29 is 50.2 Å². The van der Waals surface area contributed by atoms with Crippen LogP contribution in [0.4, 0.5) is 24.5 Å². The highest BCUT2D eigenvalue weighted by Crippen LogP contribution is 2.52. The molecule has 2 aliphatic rings. The average Bonchev–Trinajstić information content (AvgIpc) is 3.67. The lowest BCUT2D eigenvalue weighted by Gasteiger charge is -2.29. The lowest BCUT2D eigenvalue weighted by atomic mass is 9.81. The van der Waals surface area contributed by atoms with E-state index >= 15 is 0 Å². The normalized spacial score (nSPS) is 15.9. The molecule has 3 aromatic carbocycles. The molecule has 1 spiro atoms. The lowest BCUT2D eigenvalue weighted by Crippen LogP contribution is -2.40. The Morgan fingerprint density at radius 1 is 1.02 bits per heavy atom. The van der Waals surface area contributed by atoms with E-state index in [9.17, 15) is 31.2 Å². The van der Waals surface area contributed by atoms with Crippen molar-refractivity contribution in [3.8, 4) is 17.2 Å². The number of benzene rings is 3. The zero-order chi connectivity index (χ0) is 37.8. The molecule has 0 aromatic heterocycles. The molecule has 0 radical (unpaired) electrons. The Labute approximate surface area is 304 Å². The van der Waals surface area contributed by atoms with Gasteiger partial charge in [-0.2, -0.15) is 0 Å². The number of amides is 2. The third-order valence-corrected chi connectivity index (χ3v) is 9.73. The van der Waals surface area contributed by atoms with Gasteiger partial charge in [-0.15, -0.1) is 13.2 Å². The van der Waals surface area contributed by atoms with Gasteiger partial charge in [0.1, 0.15) is 29.9 Å². The summed E-state index contributed by atoms with van der Waals surface area (Å²) in [5.41, 5.74) is 2.42. The van der Waals surface area contributed by atoms with Crippen LogP contribution in [0.5, 0.6) is 17.2 Å². The Bertz CT molecular complexity index is 1970. The van der Waals surface area contributed by atoms with Crippen LogP contribution in [0.1, 0.15) is 61.8 Å². The van der Waals surface area contributed by atoms with Gasteiger partial charge in [0.2, 0.25) is 15.9 Å². The first-order valence-electron chi connectivity index (χ1n) is 16.2. The molecule has 1 saturated carbocycles. The third-order valence-electron chi connectivity index (χ3n) is 8.90. The van der Waals surface area contributed by atoms with Crippen LogP contribution >= 0.6 is 11.6 Å². The summed E-state index contributed by atoms with van der Waals surface area (Å²) in [5.74, 6) is -0.947. The number of methoxy groups -OCH3 is 2. The molecule has 1 aliphatic carbocycles. The summed E-state index contributed by atoms with van der Waals surface area (Å²) in [7, 11) is -0.817. The highest BCUT2D eigenvalue weighted by molar-refractivity contribution is 7.89. The van der Waals surface area contributed by atoms with E-state index in [1.54, 1.807) is 49.4 Å². The molecule has 1 fully saturated rings. The first-order chi connectivity index (χ1) is 24.5. The molecule has 1 heterocycles. The number of halogens is 4. The van der Waals surface area contributed by atoms with Gasteiger partial charge in [-0.25, -0.2) is 8.42 Å². The molecular weight excluding hydrogens is 729 g/mol. The largest absolute Gasteiger partial charge is 0.573 e. The van der Waals surface area contributed by atoms with Crippen molar-refractivity contribution in [2.24, 2.45) is 5.16 Å². The molecule has 5 rings (SSSR count). The van der Waals surface area contributed by atoms with Crippen LogP contribution in [0.3, 0.4) is 0 Å². The van der Waals surface area contributed by atoms with Crippen molar-refractivity contribution in [1.29, 1.82) is 0 Å². The topological polar surface area (TPSA) is 145 Å². The molecule has 12 nitrogen and oxygen atoms in total. The van der Waals surface area contributed by atoms with Crippen LogP contribution < -0.4 is 29.1 Å². The van der Waals surface area contributed by atoms with Gasteiger partial charge < -0.3 is 29.3 Å². The molecule has 280 valence electrons. The minimum absolute atomic E-state index is 0.199. The minimum atomic E-state index is -4.92. The van der Waals surface area contributed by atoms with Crippen LogP contribution in [-0.4, -0.2) is 65.9 Å². The van der Waals surface area contributed by atoms with Gasteiger partial charge in [-0.1, -0.05) is 41.7 Å². The number of carbonyl (C=O) groups excluding carboxylic acids is 2. The Morgan fingerprint density at radius 2 is 1.75 bits per heavy atom. The monoisotopic (exact) mass is 766 g/mol. The summed E-state index contributed by atoms with van der Waals surface area (Å²) in [6.45, 7) is 1.71. The number of anilines is 2. The summed E-state index contributed by atoms with van der Waals surface area (Å²) in [6, 6.07) is 12.9. The maximum absolute atomic E-state index is 14.9. The van der Waals surface area contributed by atoms with E-state index in [1.165, 1.54) is 31.3 Å². The zero-order valence-corrected chi connectivity index (χ0v) is 30.4. The summed E-state index contributed by atoms with van der Waals surface area (Å²) < 4.78 is 79.6. The molecule has 52 heavy (non-hydrogen) atoms. The fraction of sp³-hybridized carbons (Fsp3) is 0.400. The number of carbonyl (C=O) groups is 2. The predicted octanol–water partition coefficient (Wildman–Crippen LogP) is 6.47. The van der Waals surface area contributed by atoms with Gasteiger partial charge in [0, 0.05) is 45.9 Å². The van der Waals surface area contributed by atoms with Gasteiger partial charge in [0.25, 0.3) is 5.91 Å². The van der Waals surface area contributed by atoms with Gasteiger partial charge in [-0.3, -0.25) is 14.3 Å². The number of nitrogens with one attached hydrogen (secondary N) is 2. The van der Waals surface area contributed by atoms with E-state index in [4.69, 9.17) is 25.9 Å². The van der Waals surface area contributed by atoms with E-state index in [0.717, 1.165) is 37.5 Å². The Balaban J connectivity index is 1.50. The third kappa shape index (κ3) is 9.20. The van der Waals surface area contributed by atoms with Crippen molar-refractivity contribution in [1.82, 2.24) is 4.72 Å². The number of sulfonamides is 1. The van der Waals surface area contributed by atoms with Crippen molar-refractivity contribution in [2.45, 2.75) is 56.8 Å². The zero-order valence-electron chi connectivity index (χ0n) is 28.8. The van der Waals surface area contributed by atoms with Gasteiger partial charge >= 0.3 is 6.36 Å². The first kappa shape index (κ1) is 38.5. The lowest BCUT2D eigenvalue weighted by molar-refractivity contribution is -0.274. The Hall–Kier alpha value is -4.70. The summed E-state index contributed by atoms with van der Waals surface area (Å²) in [4.78, 5) is 33.4. The van der Waals surface area contributed by atoms with E-state index in [-0.39, 0.29) is 19.6 Å². The van der Waals surface area contributed by atoms with Crippen molar-refractivity contribution >= 4 is 50.5 Å². The van der Waals surface area contributed by atoms with E-state index in [1.807, 2.05) is 4.72 Å². The fourth-order valence-corrected chi connectivity index (χ4v) is 7.33. The van der Waals surface area contributed by atoms with Crippen LogP contribution in [0, 0.1) is 0 Å². The molecule has 0 bridgehead atoms. The molecule has 1 atom stereocenters. The number of nitrogens with zero attached hydrogens (tertiary/aromatic N) is 2. The number of hydrogen-bond acceptors (Lipinski definition) is 10. The second kappa shape index (κ2) is 15.5.